The minimum atomic E-state index is -0.378. The van der Waals surface area contributed by atoms with Crippen LogP contribution in [0.4, 0.5) is 4.79 Å². The van der Waals surface area contributed by atoms with Crippen molar-refractivity contribution in [2.75, 3.05) is 13.2 Å². The van der Waals surface area contributed by atoms with E-state index in [1.165, 1.54) is 0 Å². The van der Waals surface area contributed by atoms with Gasteiger partial charge in [0.05, 0.1) is 18.1 Å². The number of nitrogens with one attached hydrogen (secondary N) is 1. The van der Waals surface area contributed by atoms with Crippen LogP contribution in [0, 0.1) is 0 Å². The van der Waals surface area contributed by atoms with Crippen LogP contribution in [0.5, 0.6) is 11.5 Å². The number of imide groups is 1. The van der Waals surface area contributed by atoms with Crippen LogP contribution < -0.4 is 14.8 Å². The van der Waals surface area contributed by atoms with Gasteiger partial charge in [0.2, 0.25) is 0 Å². The lowest BCUT2D eigenvalue weighted by atomic mass is 10.0. The third kappa shape index (κ3) is 4.16. The molecule has 1 aliphatic rings. The Hall–Kier alpha value is -2.21. The fraction of sp³-hybridized carbons (Fsp3) is 0.294. The van der Waals surface area contributed by atoms with Gasteiger partial charge in [-0.15, -0.1) is 6.58 Å². The molecular formula is C17H19NO4S. The molecule has 23 heavy (non-hydrogen) atoms. The first-order chi connectivity index (χ1) is 11.1. The standard InChI is InChI=1S/C17H19NO4S/c1-4-7-12-8-11(10-14-16(19)18-17(20)23-14)9-13(21-5-2)15(12)22-6-3/h4,8-10H,1,5-7H2,2-3H3,(H,18,19,20). The molecule has 1 saturated heterocycles. The molecule has 1 heterocycles. The SMILES string of the molecule is C=CCc1cc(C=C2SC(=O)NC2=O)cc(OCC)c1OCC. The van der Waals surface area contributed by atoms with E-state index in [1.807, 2.05) is 26.0 Å². The smallest absolute Gasteiger partial charge is 0.290 e. The lowest BCUT2D eigenvalue weighted by molar-refractivity contribution is -0.115. The maximum absolute atomic E-state index is 11.7. The first-order valence-corrected chi connectivity index (χ1v) is 8.18. The highest BCUT2D eigenvalue weighted by atomic mass is 32.2. The molecule has 0 bridgehead atoms. The molecule has 0 aromatic heterocycles. The summed E-state index contributed by atoms with van der Waals surface area (Å²) in [5.74, 6) is 0.934. The van der Waals surface area contributed by atoms with Crippen LogP contribution in [-0.4, -0.2) is 24.4 Å². The van der Waals surface area contributed by atoms with Crippen LogP contribution in [0.2, 0.25) is 0 Å². The number of carbonyl (C=O) groups is 2. The molecule has 0 saturated carbocycles. The quantitative estimate of drug-likeness (QED) is 0.611. The highest BCUT2D eigenvalue weighted by Gasteiger charge is 2.25. The lowest BCUT2D eigenvalue weighted by Gasteiger charge is -2.16. The summed E-state index contributed by atoms with van der Waals surface area (Å²) in [5, 5.41) is 1.89. The third-order valence-electron chi connectivity index (χ3n) is 3.05. The first-order valence-electron chi connectivity index (χ1n) is 7.37. The van der Waals surface area contributed by atoms with Crippen molar-refractivity contribution in [1.82, 2.24) is 5.32 Å². The molecule has 5 nitrogen and oxygen atoms in total. The molecule has 0 spiro atoms. The fourth-order valence-corrected chi connectivity index (χ4v) is 2.90. The topological polar surface area (TPSA) is 64.6 Å². The number of carbonyl (C=O) groups excluding carboxylic acids is 2. The van der Waals surface area contributed by atoms with Gasteiger partial charge >= 0.3 is 0 Å². The molecule has 1 aromatic rings. The largest absolute Gasteiger partial charge is 0.490 e. The molecule has 2 amide bonds. The molecule has 0 radical (unpaired) electrons. The first kappa shape index (κ1) is 17.1. The zero-order valence-electron chi connectivity index (χ0n) is 13.2. The fourth-order valence-electron chi connectivity index (χ4n) is 2.22. The number of benzene rings is 1. The van der Waals surface area contributed by atoms with Crippen molar-refractivity contribution in [2.24, 2.45) is 0 Å². The van der Waals surface area contributed by atoms with E-state index in [4.69, 9.17) is 9.47 Å². The van der Waals surface area contributed by atoms with Crippen molar-refractivity contribution in [3.63, 3.8) is 0 Å². The van der Waals surface area contributed by atoms with Crippen LogP contribution in [-0.2, 0) is 11.2 Å². The molecule has 0 aliphatic carbocycles. The molecule has 1 N–H and O–H groups in total. The Balaban J connectivity index is 2.47. The molecule has 0 unspecified atom stereocenters. The maximum atomic E-state index is 11.7. The second-order valence-electron chi connectivity index (χ2n) is 4.72. The monoisotopic (exact) mass is 333 g/mol. The molecular weight excluding hydrogens is 314 g/mol. The Bertz CT molecular complexity index is 667. The van der Waals surface area contributed by atoms with Crippen LogP contribution >= 0.6 is 11.8 Å². The van der Waals surface area contributed by atoms with Gasteiger partial charge in [-0.05, 0) is 55.8 Å². The predicted molar refractivity (Wildman–Crippen MR) is 91.8 cm³/mol. The van der Waals surface area contributed by atoms with Gasteiger partial charge in [0.1, 0.15) is 0 Å². The Morgan fingerprint density at radius 2 is 1.96 bits per heavy atom. The van der Waals surface area contributed by atoms with E-state index in [0.717, 1.165) is 22.9 Å². The summed E-state index contributed by atoms with van der Waals surface area (Å²) in [6, 6.07) is 3.73. The summed E-state index contributed by atoms with van der Waals surface area (Å²) in [4.78, 5) is 23.3. The van der Waals surface area contributed by atoms with Gasteiger partial charge in [-0.1, -0.05) is 6.08 Å². The third-order valence-corrected chi connectivity index (χ3v) is 3.86. The Kier molecular flexibility index (Phi) is 5.87. The Morgan fingerprint density at radius 3 is 2.52 bits per heavy atom. The summed E-state index contributed by atoms with van der Waals surface area (Å²) in [6.45, 7) is 8.60. The number of hydrogen-bond acceptors (Lipinski definition) is 5. The average molecular weight is 333 g/mol. The zero-order valence-corrected chi connectivity index (χ0v) is 14.0. The van der Waals surface area contributed by atoms with E-state index >= 15 is 0 Å². The number of ether oxygens (including phenoxy) is 2. The van der Waals surface area contributed by atoms with E-state index in [9.17, 15) is 9.59 Å². The molecule has 1 fully saturated rings. The maximum Gasteiger partial charge on any atom is 0.290 e. The van der Waals surface area contributed by atoms with Crippen molar-refractivity contribution in [3.05, 3.63) is 40.8 Å². The number of rotatable bonds is 7. The molecule has 122 valence electrons. The zero-order chi connectivity index (χ0) is 16.8. The highest BCUT2D eigenvalue weighted by molar-refractivity contribution is 8.18. The van der Waals surface area contributed by atoms with Crippen LogP contribution in [0.1, 0.15) is 25.0 Å². The van der Waals surface area contributed by atoms with Crippen molar-refractivity contribution in [2.45, 2.75) is 20.3 Å². The van der Waals surface area contributed by atoms with Crippen LogP contribution in [0.25, 0.3) is 6.08 Å². The van der Waals surface area contributed by atoms with Crippen molar-refractivity contribution < 1.29 is 19.1 Å². The second kappa shape index (κ2) is 7.87. The van der Waals surface area contributed by atoms with E-state index in [-0.39, 0.29) is 11.1 Å². The van der Waals surface area contributed by atoms with Crippen molar-refractivity contribution >= 4 is 29.0 Å². The lowest BCUT2D eigenvalue weighted by Crippen LogP contribution is -2.17. The van der Waals surface area contributed by atoms with Gasteiger partial charge in [0, 0.05) is 5.56 Å². The number of allylic oxidation sites excluding steroid dienone is 1. The Morgan fingerprint density at radius 1 is 1.22 bits per heavy atom. The van der Waals surface area contributed by atoms with Crippen LogP contribution in [0.3, 0.4) is 0 Å². The number of amides is 2. The summed E-state index contributed by atoms with van der Waals surface area (Å²) in [5.41, 5.74) is 1.70. The minimum absolute atomic E-state index is 0.358. The van der Waals surface area contributed by atoms with Crippen molar-refractivity contribution in [3.8, 4) is 11.5 Å². The molecule has 6 heteroatoms. The van der Waals surface area contributed by atoms with E-state index < -0.39 is 0 Å². The second-order valence-corrected chi connectivity index (χ2v) is 5.73. The summed E-state index contributed by atoms with van der Waals surface area (Å²) < 4.78 is 11.4. The predicted octanol–water partition coefficient (Wildman–Crippen LogP) is 3.54. The number of thioether (sulfide) groups is 1. The minimum Gasteiger partial charge on any atom is -0.490 e. The summed E-state index contributed by atoms with van der Waals surface area (Å²) >= 11 is 0.891. The summed E-state index contributed by atoms with van der Waals surface area (Å²) in [7, 11) is 0. The van der Waals surface area contributed by atoms with E-state index in [0.29, 0.717) is 36.0 Å². The van der Waals surface area contributed by atoms with Gasteiger partial charge in [0.25, 0.3) is 11.1 Å². The van der Waals surface area contributed by atoms with Gasteiger partial charge in [-0.2, -0.15) is 0 Å². The van der Waals surface area contributed by atoms with Gasteiger partial charge in [-0.3, -0.25) is 14.9 Å². The normalized spacial score (nSPS) is 15.7. The van der Waals surface area contributed by atoms with E-state index in [1.54, 1.807) is 12.2 Å². The Labute approximate surface area is 139 Å². The van der Waals surface area contributed by atoms with Crippen LogP contribution in [0.15, 0.2) is 29.7 Å². The summed E-state index contributed by atoms with van der Waals surface area (Å²) in [6.07, 6.45) is 4.07. The van der Waals surface area contributed by atoms with Gasteiger partial charge in [0.15, 0.2) is 11.5 Å². The van der Waals surface area contributed by atoms with Gasteiger partial charge < -0.3 is 9.47 Å². The van der Waals surface area contributed by atoms with Crippen molar-refractivity contribution in [1.29, 1.82) is 0 Å². The highest BCUT2D eigenvalue weighted by Crippen LogP contribution is 2.35. The molecule has 1 aromatic carbocycles. The molecule has 1 aliphatic heterocycles. The van der Waals surface area contributed by atoms with Gasteiger partial charge in [-0.25, -0.2) is 0 Å². The molecule has 0 atom stereocenters. The van der Waals surface area contributed by atoms with E-state index in [2.05, 4.69) is 11.9 Å². The average Bonchev–Trinajstić information content (AvgIpc) is 2.81. The molecule has 2 rings (SSSR count). The number of hydrogen-bond donors (Lipinski definition) is 1.